The van der Waals surface area contributed by atoms with Crippen molar-refractivity contribution in [3.63, 3.8) is 0 Å². The van der Waals surface area contributed by atoms with Gasteiger partial charge in [0.1, 0.15) is 6.61 Å². The van der Waals surface area contributed by atoms with Gasteiger partial charge in [-0.3, -0.25) is 4.79 Å². The molecule has 0 unspecified atom stereocenters. The van der Waals surface area contributed by atoms with Gasteiger partial charge >= 0.3 is 6.09 Å². The molecule has 1 fully saturated rings. The van der Waals surface area contributed by atoms with Gasteiger partial charge in [-0.15, -0.1) is 0 Å². The molecule has 1 aromatic rings. The standard InChI is InChI=1S/C13H16N2O3/c1-14-8-12(16)15-11(9-18-13(15)17)7-10-5-3-2-4-6-10/h2-6,11,14H,7-9H2,1H3/t11-/m0/s1. The molecule has 0 bridgehead atoms. The summed E-state index contributed by atoms with van der Waals surface area (Å²) in [6, 6.07) is 9.55. The lowest BCUT2D eigenvalue weighted by molar-refractivity contribution is -0.128. The first-order valence-electron chi connectivity index (χ1n) is 5.89. The Morgan fingerprint density at radius 2 is 2.17 bits per heavy atom. The summed E-state index contributed by atoms with van der Waals surface area (Å²) in [7, 11) is 1.67. The molecule has 0 saturated carbocycles. The van der Waals surface area contributed by atoms with Gasteiger partial charge in [-0.05, 0) is 19.0 Å². The van der Waals surface area contributed by atoms with Gasteiger partial charge in [-0.1, -0.05) is 30.3 Å². The van der Waals surface area contributed by atoms with Crippen LogP contribution in [-0.4, -0.2) is 43.1 Å². The molecule has 1 N–H and O–H groups in total. The van der Waals surface area contributed by atoms with Crippen molar-refractivity contribution in [2.24, 2.45) is 0 Å². The van der Waals surface area contributed by atoms with E-state index < -0.39 is 6.09 Å². The van der Waals surface area contributed by atoms with Crippen molar-refractivity contribution in [3.05, 3.63) is 35.9 Å². The van der Waals surface area contributed by atoms with Crippen molar-refractivity contribution in [1.82, 2.24) is 10.2 Å². The largest absolute Gasteiger partial charge is 0.447 e. The lowest BCUT2D eigenvalue weighted by Crippen LogP contribution is -2.44. The SMILES string of the molecule is CNCC(=O)N1C(=O)OC[C@@H]1Cc1ccccc1. The molecule has 96 valence electrons. The van der Waals surface area contributed by atoms with Gasteiger partial charge in [-0.2, -0.15) is 0 Å². The molecule has 0 radical (unpaired) electrons. The topological polar surface area (TPSA) is 58.6 Å². The van der Waals surface area contributed by atoms with Gasteiger partial charge in [0, 0.05) is 0 Å². The Morgan fingerprint density at radius 3 is 2.83 bits per heavy atom. The Bertz CT molecular complexity index is 433. The predicted molar refractivity (Wildman–Crippen MR) is 66.1 cm³/mol. The normalized spacial score (nSPS) is 18.8. The van der Waals surface area contributed by atoms with E-state index >= 15 is 0 Å². The maximum absolute atomic E-state index is 11.8. The zero-order chi connectivity index (χ0) is 13.0. The number of ether oxygens (including phenoxy) is 1. The summed E-state index contributed by atoms with van der Waals surface area (Å²) in [5.74, 6) is -0.249. The summed E-state index contributed by atoms with van der Waals surface area (Å²) in [4.78, 5) is 24.6. The molecule has 0 aromatic heterocycles. The van der Waals surface area contributed by atoms with Crippen LogP contribution >= 0.6 is 0 Å². The fraction of sp³-hybridized carbons (Fsp3) is 0.385. The second-order valence-electron chi connectivity index (χ2n) is 4.21. The molecule has 1 saturated heterocycles. The summed E-state index contributed by atoms with van der Waals surface area (Å²) < 4.78 is 4.96. The molecule has 1 aromatic carbocycles. The number of carbonyl (C=O) groups excluding carboxylic acids is 2. The zero-order valence-corrected chi connectivity index (χ0v) is 10.3. The molecule has 5 nitrogen and oxygen atoms in total. The van der Waals surface area contributed by atoms with E-state index in [0.717, 1.165) is 5.56 Å². The minimum absolute atomic E-state index is 0.139. The number of cyclic esters (lactones) is 1. The number of amides is 2. The first kappa shape index (κ1) is 12.6. The third kappa shape index (κ3) is 2.68. The highest BCUT2D eigenvalue weighted by atomic mass is 16.6. The van der Waals surface area contributed by atoms with E-state index in [0.29, 0.717) is 6.42 Å². The van der Waals surface area contributed by atoms with Crippen LogP contribution in [0.1, 0.15) is 5.56 Å². The van der Waals surface area contributed by atoms with Crippen LogP contribution in [0.25, 0.3) is 0 Å². The highest BCUT2D eigenvalue weighted by Crippen LogP contribution is 2.17. The Kier molecular flexibility index (Phi) is 3.94. The fourth-order valence-corrected chi connectivity index (χ4v) is 2.04. The molecule has 1 atom stereocenters. The zero-order valence-electron chi connectivity index (χ0n) is 10.3. The van der Waals surface area contributed by atoms with Crippen LogP contribution in [0.4, 0.5) is 4.79 Å². The van der Waals surface area contributed by atoms with Gasteiger partial charge in [0.15, 0.2) is 0 Å². The van der Waals surface area contributed by atoms with Crippen LogP contribution in [0.3, 0.4) is 0 Å². The highest BCUT2D eigenvalue weighted by molar-refractivity contribution is 5.94. The molecule has 1 heterocycles. The van der Waals surface area contributed by atoms with Crippen molar-refractivity contribution in [2.75, 3.05) is 20.2 Å². The second-order valence-corrected chi connectivity index (χ2v) is 4.21. The van der Waals surface area contributed by atoms with Crippen LogP contribution in [0.15, 0.2) is 30.3 Å². The summed E-state index contributed by atoms with van der Waals surface area (Å²) >= 11 is 0. The number of nitrogens with zero attached hydrogens (tertiary/aromatic N) is 1. The van der Waals surface area contributed by atoms with E-state index in [1.165, 1.54) is 4.90 Å². The van der Waals surface area contributed by atoms with E-state index in [1.54, 1.807) is 7.05 Å². The Balaban J connectivity index is 2.07. The average molecular weight is 248 g/mol. The van der Waals surface area contributed by atoms with Crippen molar-refractivity contribution < 1.29 is 14.3 Å². The first-order valence-corrected chi connectivity index (χ1v) is 5.89. The number of rotatable bonds is 4. The molecular formula is C13H16N2O3. The van der Waals surface area contributed by atoms with Gasteiger partial charge in [-0.25, -0.2) is 9.69 Å². The van der Waals surface area contributed by atoms with E-state index in [2.05, 4.69) is 5.32 Å². The van der Waals surface area contributed by atoms with Crippen molar-refractivity contribution in [2.45, 2.75) is 12.5 Å². The monoisotopic (exact) mass is 248 g/mol. The summed E-state index contributed by atoms with van der Waals surface area (Å²) in [6.45, 7) is 0.406. The van der Waals surface area contributed by atoms with E-state index in [1.807, 2.05) is 30.3 Å². The van der Waals surface area contributed by atoms with Gasteiger partial charge in [0.25, 0.3) is 0 Å². The fourth-order valence-electron chi connectivity index (χ4n) is 2.04. The van der Waals surface area contributed by atoms with Crippen LogP contribution in [0.2, 0.25) is 0 Å². The Morgan fingerprint density at radius 1 is 1.44 bits per heavy atom. The molecule has 2 rings (SSSR count). The first-order chi connectivity index (χ1) is 8.72. The number of hydrogen-bond acceptors (Lipinski definition) is 4. The molecule has 2 amide bonds. The molecular weight excluding hydrogens is 232 g/mol. The van der Waals surface area contributed by atoms with Gasteiger partial charge in [0.05, 0.1) is 12.6 Å². The van der Waals surface area contributed by atoms with Crippen molar-refractivity contribution in [1.29, 1.82) is 0 Å². The van der Waals surface area contributed by atoms with Crippen molar-refractivity contribution in [3.8, 4) is 0 Å². The van der Waals surface area contributed by atoms with Crippen LogP contribution in [0, 0.1) is 0 Å². The molecule has 0 spiro atoms. The highest BCUT2D eigenvalue weighted by Gasteiger charge is 2.37. The average Bonchev–Trinajstić information content (AvgIpc) is 2.72. The Labute approximate surface area is 106 Å². The lowest BCUT2D eigenvalue weighted by Gasteiger charge is -2.19. The summed E-state index contributed by atoms with van der Waals surface area (Å²) in [5, 5.41) is 2.75. The smallest absolute Gasteiger partial charge is 0.417 e. The number of hydrogen-bond donors (Lipinski definition) is 1. The minimum Gasteiger partial charge on any atom is -0.447 e. The third-order valence-corrected chi connectivity index (χ3v) is 2.87. The van der Waals surface area contributed by atoms with Crippen LogP contribution in [-0.2, 0) is 16.0 Å². The number of nitrogens with one attached hydrogen (secondary N) is 1. The number of benzene rings is 1. The molecule has 1 aliphatic rings. The maximum Gasteiger partial charge on any atom is 0.417 e. The summed E-state index contributed by atoms with van der Waals surface area (Å²) in [5.41, 5.74) is 1.09. The quantitative estimate of drug-likeness (QED) is 0.856. The molecule has 5 heteroatoms. The maximum atomic E-state index is 11.8. The van der Waals surface area contributed by atoms with Gasteiger partial charge in [0.2, 0.25) is 5.91 Å². The van der Waals surface area contributed by atoms with E-state index in [-0.39, 0.29) is 25.1 Å². The minimum atomic E-state index is -0.545. The molecule has 1 aliphatic heterocycles. The van der Waals surface area contributed by atoms with Crippen LogP contribution < -0.4 is 5.32 Å². The molecule has 0 aliphatic carbocycles. The number of likely N-dealkylation sites (N-methyl/N-ethyl adjacent to an activating group) is 1. The second kappa shape index (κ2) is 5.64. The lowest BCUT2D eigenvalue weighted by atomic mass is 10.1. The van der Waals surface area contributed by atoms with E-state index in [4.69, 9.17) is 4.74 Å². The molecule has 18 heavy (non-hydrogen) atoms. The number of imide groups is 1. The van der Waals surface area contributed by atoms with E-state index in [9.17, 15) is 9.59 Å². The third-order valence-electron chi connectivity index (χ3n) is 2.87. The Hall–Kier alpha value is -1.88. The predicted octanol–water partition coefficient (Wildman–Crippen LogP) is 0.796. The summed E-state index contributed by atoms with van der Waals surface area (Å²) in [6.07, 6.45) is 0.0818. The van der Waals surface area contributed by atoms with Gasteiger partial charge < -0.3 is 10.1 Å². The number of carbonyl (C=O) groups is 2. The van der Waals surface area contributed by atoms with Crippen molar-refractivity contribution >= 4 is 12.0 Å². The van der Waals surface area contributed by atoms with Crippen LogP contribution in [0.5, 0.6) is 0 Å².